The Balaban J connectivity index is 1.42. The van der Waals surface area contributed by atoms with Gasteiger partial charge in [0.05, 0.1) is 16.7 Å². The summed E-state index contributed by atoms with van der Waals surface area (Å²) in [4.78, 5) is 39.1. The van der Waals surface area contributed by atoms with Crippen LogP contribution in [0, 0.1) is 0 Å². The quantitative estimate of drug-likeness (QED) is 0.255. The SMILES string of the molecule is CCCCN1C(=O)c2ccc(C(=O)Oc3ccc4oc5ccccc5c4c3)cc2C1=O. The largest absolute Gasteiger partial charge is 0.456 e. The van der Waals surface area contributed by atoms with Crippen LogP contribution in [0.1, 0.15) is 50.8 Å². The Morgan fingerprint density at radius 1 is 0.903 bits per heavy atom. The van der Waals surface area contributed by atoms with E-state index in [1.54, 1.807) is 18.2 Å². The molecule has 1 aromatic heterocycles. The first-order valence-electron chi connectivity index (χ1n) is 10.2. The molecule has 6 heteroatoms. The molecule has 0 unspecified atom stereocenters. The van der Waals surface area contributed by atoms with Gasteiger partial charge in [0.15, 0.2) is 0 Å². The van der Waals surface area contributed by atoms with E-state index >= 15 is 0 Å². The van der Waals surface area contributed by atoms with Crippen molar-refractivity contribution in [2.45, 2.75) is 19.8 Å². The number of rotatable bonds is 5. The van der Waals surface area contributed by atoms with E-state index in [1.165, 1.54) is 23.1 Å². The monoisotopic (exact) mass is 413 g/mol. The van der Waals surface area contributed by atoms with Crippen LogP contribution < -0.4 is 4.74 Å². The second kappa shape index (κ2) is 7.40. The van der Waals surface area contributed by atoms with E-state index in [1.807, 2.05) is 31.2 Å². The molecule has 0 N–H and O–H groups in total. The van der Waals surface area contributed by atoms with Gasteiger partial charge in [-0.2, -0.15) is 0 Å². The van der Waals surface area contributed by atoms with Crippen molar-refractivity contribution in [3.05, 3.63) is 77.4 Å². The average molecular weight is 413 g/mol. The molecule has 0 radical (unpaired) electrons. The lowest BCUT2D eigenvalue weighted by molar-refractivity contribution is 0.0651. The molecule has 0 bridgehead atoms. The van der Waals surface area contributed by atoms with Gasteiger partial charge in [0.25, 0.3) is 11.8 Å². The molecule has 6 nitrogen and oxygen atoms in total. The van der Waals surface area contributed by atoms with Crippen LogP contribution in [0.25, 0.3) is 21.9 Å². The van der Waals surface area contributed by atoms with E-state index in [0.29, 0.717) is 23.4 Å². The predicted molar refractivity (Wildman–Crippen MR) is 115 cm³/mol. The Morgan fingerprint density at radius 3 is 2.52 bits per heavy atom. The molecule has 0 aliphatic carbocycles. The molecule has 1 aliphatic heterocycles. The Hall–Kier alpha value is -3.93. The third kappa shape index (κ3) is 3.17. The second-order valence-electron chi connectivity index (χ2n) is 7.52. The van der Waals surface area contributed by atoms with E-state index in [4.69, 9.17) is 9.15 Å². The molecule has 154 valence electrons. The molecular weight excluding hydrogens is 394 g/mol. The topological polar surface area (TPSA) is 76.8 Å². The van der Waals surface area contributed by atoms with Crippen molar-refractivity contribution in [3.8, 4) is 5.75 Å². The fraction of sp³-hybridized carbons (Fsp3) is 0.160. The maximum absolute atomic E-state index is 12.7. The molecular formula is C25H19NO5. The van der Waals surface area contributed by atoms with Crippen LogP contribution in [-0.4, -0.2) is 29.2 Å². The number of ether oxygens (including phenoxy) is 1. The van der Waals surface area contributed by atoms with Crippen molar-refractivity contribution in [3.63, 3.8) is 0 Å². The summed E-state index contributed by atoms with van der Waals surface area (Å²) in [5.74, 6) is -0.904. The molecule has 4 aromatic rings. The number of amides is 2. The van der Waals surface area contributed by atoms with E-state index in [-0.39, 0.29) is 22.9 Å². The minimum Gasteiger partial charge on any atom is -0.456 e. The third-order valence-electron chi connectivity index (χ3n) is 5.50. The number of unbranched alkanes of at least 4 members (excludes halogenated alkanes) is 1. The van der Waals surface area contributed by atoms with Crippen LogP contribution in [0.3, 0.4) is 0 Å². The molecule has 0 spiro atoms. The molecule has 2 amide bonds. The third-order valence-corrected chi connectivity index (χ3v) is 5.50. The number of imide groups is 1. The minimum atomic E-state index is -0.595. The van der Waals surface area contributed by atoms with Gasteiger partial charge in [-0.1, -0.05) is 31.5 Å². The number of hydrogen-bond acceptors (Lipinski definition) is 5. The smallest absolute Gasteiger partial charge is 0.343 e. The van der Waals surface area contributed by atoms with Crippen LogP contribution in [0.4, 0.5) is 0 Å². The van der Waals surface area contributed by atoms with E-state index in [2.05, 4.69) is 0 Å². The summed E-state index contributed by atoms with van der Waals surface area (Å²) in [6.45, 7) is 2.37. The van der Waals surface area contributed by atoms with Crippen molar-refractivity contribution < 1.29 is 23.5 Å². The predicted octanol–water partition coefficient (Wildman–Crippen LogP) is 5.20. The van der Waals surface area contributed by atoms with Gasteiger partial charge < -0.3 is 9.15 Å². The van der Waals surface area contributed by atoms with Crippen molar-refractivity contribution >= 4 is 39.7 Å². The number of carbonyl (C=O) groups excluding carboxylic acids is 3. The maximum atomic E-state index is 12.7. The summed E-state index contributed by atoms with van der Waals surface area (Å²) in [5.41, 5.74) is 2.25. The van der Waals surface area contributed by atoms with Crippen LogP contribution in [-0.2, 0) is 0 Å². The van der Waals surface area contributed by atoms with Gasteiger partial charge in [-0.3, -0.25) is 14.5 Å². The number of benzene rings is 3. The average Bonchev–Trinajstić information content (AvgIpc) is 3.27. The Bertz CT molecular complexity index is 1370. The Labute approximate surface area is 178 Å². The highest BCUT2D eigenvalue weighted by atomic mass is 16.5. The Kier molecular flexibility index (Phi) is 4.55. The lowest BCUT2D eigenvalue weighted by atomic mass is 10.1. The first-order chi connectivity index (χ1) is 15.1. The van der Waals surface area contributed by atoms with Gasteiger partial charge in [-0.15, -0.1) is 0 Å². The van der Waals surface area contributed by atoms with Crippen LogP contribution >= 0.6 is 0 Å². The molecule has 0 saturated heterocycles. The first-order valence-corrected chi connectivity index (χ1v) is 10.2. The van der Waals surface area contributed by atoms with Gasteiger partial charge in [0.2, 0.25) is 0 Å². The number of nitrogens with zero attached hydrogens (tertiary/aromatic N) is 1. The molecule has 0 atom stereocenters. The number of hydrogen-bond donors (Lipinski definition) is 0. The van der Waals surface area contributed by atoms with Crippen molar-refractivity contribution in [2.75, 3.05) is 6.54 Å². The lowest BCUT2D eigenvalue weighted by Gasteiger charge is -2.12. The number of para-hydroxylation sites is 1. The second-order valence-corrected chi connectivity index (χ2v) is 7.52. The summed E-state index contributed by atoms with van der Waals surface area (Å²) in [5, 5.41) is 1.78. The van der Waals surface area contributed by atoms with Crippen molar-refractivity contribution in [1.29, 1.82) is 0 Å². The fourth-order valence-corrected chi connectivity index (χ4v) is 3.87. The Morgan fingerprint density at radius 2 is 1.68 bits per heavy atom. The number of fused-ring (bicyclic) bond motifs is 4. The minimum absolute atomic E-state index is 0.217. The normalized spacial score (nSPS) is 13.3. The molecule has 5 rings (SSSR count). The van der Waals surface area contributed by atoms with Crippen molar-refractivity contribution in [1.82, 2.24) is 4.90 Å². The summed E-state index contributed by atoms with van der Waals surface area (Å²) >= 11 is 0. The first kappa shape index (κ1) is 19.1. The highest BCUT2D eigenvalue weighted by Gasteiger charge is 2.35. The van der Waals surface area contributed by atoms with Crippen LogP contribution in [0.15, 0.2) is 65.1 Å². The molecule has 0 saturated carbocycles. The molecule has 1 aliphatic rings. The zero-order valence-corrected chi connectivity index (χ0v) is 16.9. The molecule has 2 heterocycles. The van der Waals surface area contributed by atoms with E-state index in [9.17, 15) is 14.4 Å². The number of esters is 1. The van der Waals surface area contributed by atoms with Gasteiger partial charge in [0, 0.05) is 17.3 Å². The van der Waals surface area contributed by atoms with Gasteiger partial charge >= 0.3 is 5.97 Å². The number of furan rings is 1. The molecule has 3 aromatic carbocycles. The van der Waals surface area contributed by atoms with Gasteiger partial charge in [-0.05, 0) is 48.9 Å². The summed E-state index contributed by atoms with van der Waals surface area (Å²) in [6.07, 6.45) is 1.62. The zero-order valence-electron chi connectivity index (χ0n) is 16.9. The zero-order chi connectivity index (χ0) is 21.5. The van der Waals surface area contributed by atoms with E-state index in [0.717, 1.165) is 29.2 Å². The summed E-state index contributed by atoms with van der Waals surface area (Å²) in [7, 11) is 0. The molecule has 0 fully saturated rings. The van der Waals surface area contributed by atoms with Gasteiger partial charge in [-0.25, -0.2) is 4.79 Å². The highest BCUT2D eigenvalue weighted by Crippen LogP contribution is 2.32. The van der Waals surface area contributed by atoms with Crippen molar-refractivity contribution in [2.24, 2.45) is 0 Å². The maximum Gasteiger partial charge on any atom is 0.343 e. The lowest BCUT2D eigenvalue weighted by Crippen LogP contribution is -2.30. The summed E-state index contributed by atoms with van der Waals surface area (Å²) < 4.78 is 11.3. The fourth-order valence-electron chi connectivity index (χ4n) is 3.87. The highest BCUT2D eigenvalue weighted by molar-refractivity contribution is 6.22. The standard InChI is InChI=1S/C25H19NO5/c1-2-3-12-26-23(27)18-10-8-15(13-20(18)24(26)28)25(29)30-16-9-11-22-19(14-16)17-6-4-5-7-21(17)31-22/h4-11,13-14H,2-3,12H2,1H3. The molecule has 31 heavy (non-hydrogen) atoms. The van der Waals surface area contributed by atoms with Crippen LogP contribution in [0.2, 0.25) is 0 Å². The van der Waals surface area contributed by atoms with Crippen LogP contribution in [0.5, 0.6) is 5.75 Å². The van der Waals surface area contributed by atoms with E-state index < -0.39 is 5.97 Å². The summed E-state index contributed by atoms with van der Waals surface area (Å²) in [6, 6.07) is 17.3. The van der Waals surface area contributed by atoms with Gasteiger partial charge in [0.1, 0.15) is 16.9 Å². The number of carbonyl (C=O) groups is 3.